The molecule has 2 N–H and O–H groups in total. The number of rotatable bonds is 6. The molecule has 0 spiro atoms. The molecule has 0 bridgehead atoms. The summed E-state index contributed by atoms with van der Waals surface area (Å²) in [4.78, 5) is 22.0. The second-order valence-corrected chi connectivity index (χ2v) is 5.75. The number of benzene rings is 1. The van der Waals surface area contributed by atoms with Crippen LogP contribution in [0.3, 0.4) is 0 Å². The molecule has 8 nitrogen and oxygen atoms in total. The van der Waals surface area contributed by atoms with E-state index in [0.29, 0.717) is 0 Å². The molecule has 0 aliphatic carbocycles. The average molecular weight is 317 g/mol. The Balaban J connectivity index is 3.20. The molecular formula is C12H15NO7S. The molecule has 0 saturated heterocycles. The Morgan fingerprint density at radius 3 is 2.38 bits per heavy atom. The maximum absolute atomic E-state index is 12.0. The normalized spacial score (nSPS) is 12.5. The molecule has 0 aliphatic rings. The second-order valence-electron chi connectivity index (χ2n) is 4.03. The Morgan fingerprint density at radius 2 is 1.90 bits per heavy atom. The lowest BCUT2D eigenvalue weighted by molar-refractivity contribution is -0.138. The Bertz CT molecular complexity index is 654. The van der Waals surface area contributed by atoms with Gasteiger partial charge in [-0.2, -0.15) is 4.72 Å². The summed E-state index contributed by atoms with van der Waals surface area (Å²) < 4.78 is 35.5. The maximum Gasteiger partial charge on any atom is 0.341 e. The highest BCUT2D eigenvalue weighted by Crippen LogP contribution is 2.23. The Kier molecular flexibility index (Phi) is 5.28. The van der Waals surface area contributed by atoms with E-state index >= 15 is 0 Å². The first-order chi connectivity index (χ1) is 9.72. The highest BCUT2D eigenvalue weighted by molar-refractivity contribution is 7.89. The fourth-order valence-corrected chi connectivity index (χ4v) is 2.68. The molecule has 1 aromatic rings. The van der Waals surface area contributed by atoms with Crippen LogP contribution in [-0.2, 0) is 19.6 Å². The van der Waals surface area contributed by atoms with Crippen molar-refractivity contribution in [1.82, 2.24) is 4.72 Å². The minimum Gasteiger partial charge on any atom is -0.496 e. The van der Waals surface area contributed by atoms with Crippen molar-refractivity contribution in [2.24, 2.45) is 0 Å². The van der Waals surface area contributed by atoms with Crippen molar-refractivity contribution < 1.29 is 32.6 Å². The van der Waals surface area contributed by atoms with Crippen LogP contribution in [0.1, 0.15) is 17.3 Å². The van der Waals surface area contributed by atoms with E-state index in [1.54, 1.807) is 0 Å². The van der Waals surface area contributed by atoms with Crippen LogP contribution in [0.2, 0.25) is 0 Å². The van der Waals surface area contributed by atoms with E-state index in [4.69, 9.17) is 9.84 Å². The fourth-order valence-electron chi connectivity index (χ4n) is 1.47. The molecule has 116 valence electrons. The average Bonchev–Trinajstić information content (AvgIpc) is 2.45. The van der Waals surface area contributed by atoms with Crippen molar-refractivity contribution >= 4 is 22.0 Å². The van der Waals surface area contributed by atoms with Gasteiger partial charge >= 0.3 is 11.9 Å². The van der Waals surface area contributed by atoms with E-state index in [1.165, 1.54) is 27.2 Å². The van der Waals surface area contributed by atoms with Crippen LogP contribution < -0.4 is 9.46 Å². The van der Waals surface area contributed by atoms with Crippen LogP contribution in [0.5, 0.6) is 5.75 Å². The predicted molar refractivity (Wildman–Crippen MR) is 71.8 cm³/mol. The first-order valence-electron chi connectivity index (χ1n) is 5.74. The highest BCUT2D eigenvalue weighted by atomic mass is 32.2. The summed E-state index contributed by atoms with van der Waals surface area (Å²) >= 11 is 0. The molecule has 0 heterocycles. The third kappa shape index (κ3) is 3.92. The van der Waals surface area contributed by atoms with E-state index in [-0.39, 0.29) is 16.2 Å². The number of esters is 1. The molecule has 0 aliphatic heterocycles. The smallest absolute Gasteiger partial charge is 0.341 e. The van der Waals surface area contributed by atoms with E-state index in [2.05, 4.69) is 4.74 Å². The number of sulfonamides is 1. The predicted octanol–water partition coefficient (Wildman–Crippen LogP) is 0.233. The molecule has 21 heavy (non-hydrogen) atoms. The third-order valence-electron chi connectivity index (χ3n) is 2.59. The lowest BCUT2D eigenvalue weighted by Crippen LogP contribution is -2.38. The van der Waals surface area contributed by atoms with Crippen molar-refractivity contribution in [2.45, 2.75) is 17.9 Å². The minimum absolute atomic E-state index is 0.00713. The van der Waals surface area contributed by atoms with Crippen LogP contribution in [0, 0.1) is 0 Å². The molecule has 1 atom stereocenters. The number of methoxy groups -OCH3 is 2. The Hall–Kier alpha value is -2.13. The van der Waals surface area contributed by atoms with Gasteiger partial charge in [0.05, 0.1) is 19.1 Å². The monoisotopic (exact) mass is 317 g/mol. The Morgan fingerprint density at radius 1 is 1.29 bits per heavy atom. The summed E-state index contributed by atoms with van der Waals surface area (Å²) in [5.74, 6) is -1.98. The fraction of sp³-hybridized carbons (Fsp3) is 0.333. The van der Waals surface area contributed by atoms with Crippen molar-refractivity contribution in [3.63, 3.8) is 0 Å². The number of aliphatic carboxylic acids is 1. The summed E-state index contributed by atoms with van der Waals surface area (Å²) in [5.41, 5.74) is 0.0604. The van der Waals surface area contributed by atoms with Crippen LogP contribution in [0.15, 0.2) is 23.1 Å². The standard InChI is InChI=1S/C12H15NO7S/c1-7(11(14)15)13-21(17,18)8-4-5-9(12(16)20-3)10(6-8)19-2/h4-7,13H,1-3H3,(H,14,15)/t7-/m1/s1. The van der Waals surface area contributed by atoms with Gasteiger partial charge in [0.25, 0.3) is 0 Å². The van der Waals surface area contributed by atoms with Gasteiger partial charge in [-0.05, 0) is 19.1 Å². The van der Waals surface area contributed by atoms with Gasteiger partial charge in [-0.25, -0.2) is 13.2 Å². The molecule has 0 amide bonds. The summed E-state index contributed by atoms with van der Waals surface area (Å²) in [5, 5.41) is 8.73. The largest absolute Gasteiger partial charge is 0.496 e. The Labute approximate surface area is 121 Å². The number of carboxylic acids is 1. The van der Waals surface area contributed by atoms with Gasteiger partial charge in [0, 0.05) is 6.07 Å². The van der Waals surface area contributed by atoms with Crippen molar-refractivity contribution in [3.8, 4) is 5.75 Å². The van der Waals surface area contributed by atoms with Gasteiger partial charge in [-0.15, -0.1) is 0 Å². The number of carbonyl (C=O) groups excluding carboxylic acids is 1. The van der Waals surface area contributed by atoms with Gasteiger partial charge in [-0.1, -0.05) is 0 Å². The molecule has 0 unspecified atom stereocenters. The molecule has 9 heteroatoms. The highest BCUT2D eigenvalue weighted by Gasteiger charge is 2.23. The topological polar surface area (TPSA) is 119 Å². The number of nitrogens with one attached hydrogen (secondary N) is 1. The van der Waals surface area contributed by atoms with Crippen molar-refractivity contribution in [2.75, 3.05) is 14.2 Å². The van der Waals surface area contributed by atoms with E-state index in [0.717, 1.165) is 12.1 Å². The zero-order valence-corrected chi connectivity index (χ0v) is 12.4. The minimum atomic E-state index is -4.05. The van der Waals surface area contributed by atoms with Crippen LogP contribution in [0.4, 0.5) is 0 Å². The summed E-state index contributed by atoms with van der Waals surface area (Å²) in [7, 11) is -1.60. The van der Waals surface area contributed by atoms with Gasteiger partial charge in [-0.3, -0.25) is 4.79 Å². The van der Waals surface area contributed by atoms with Gasteiger partial charge in [0.2, 0.25) is 10.0 Å². The number of hydrogen-bond donors (Lipinski definition) is 2. The first kappa shape index (κ1) is 16.9. The zero-order valence-electron chi connectivity index (χ0n) is 11.6. The maximum atomic E-state index is 12.0. The van der Waals surface area contributed by atoms with Crippen LogP contribution in [-0.4, -0.2) is 45.7 Å². The van der Waals surface area contributed by atoms with Crippen molar-refractivity contribution in [3.05, 3.63) is 23.8 Å². The lowest BCUT2D eigenvalue weighted by atomic mass is 10.2. The number of hydrogen-bond acceptors (Lipinski definition) is 6. The molecule has 1 rings (SSSR count). The zero-order chi connectivity index (χ0) is 16.2. The van der Waals surface area contributed by atoms with Gasteiger partial charge < -0.3 is 14.6 Å². The number of ether oxygens (including phenoxy) is 2. The molecule has 1 aromatic carbocycles. The number of carboxylic acid groups (broad SMARTS) is 1. The van der Waals surface area contributed by atoms with Gasteiger partial charge in [0.1, 0.15) is 17.4 Å². The van der Waals surface area contributed by atoms with E-state index in [1.807, 2.05) is 4.72 Å². The molecule has 0 radical (unpaired) electrons. The molecule has 0 aromatic heterocycles. The van der Waals surface area contributed by atoms with Crippen LogP contribution >= 0.6 is 0 Å². The second kappa shape index (κ2) is 6.55. The van der Waals surface area contributed by atoms with Crippen LogP contribution in [0.25, 0.3) is 0 Å². The quantitative estimate of drug-likeness (QED) is 0.721. The number of carbonyl (C=O) groups is 2. The summed E-state index contributed by atoms with van der Waals surface area (Å²) in [6.07, 6.45) is 0. The molecular weight excluding hydrogens is 302 g/mol. The van der Waals surface area contributed by atoms with E-state index in [9.17, 15) is 18.0 Å². The van der Waals surface area contributed by atoms with E-state index < -0.39 is 28.0 Å². The van der Waals surface area contributed by atoms with Gasteiger partial charge in [0.15, 0.2) is 0 Å². The first-order valence-corrected chi connectivity index (χ1v) is 7.22. The van der Waals surface area contributed by atoms with Crippen molar-refractivity contribution in [1.29, 1.82) is 0 Å². The third-order valence-corrected chi connectivity index (χ3v) is 4.13. The summed E-state index contributed by atoms with van der Waals surface area (Å²) in [6.45, 7) is 1.19. The lowest BCUT2D eigenvalue weighted by Gasteiger charge is -2.12. The summed E-state index contributed by atoms with van der Waals surface area (Å²) in [6, 6.07) is 2.21. The SMILES string of the molecule is COC(=O)c1ccc(S(=O)(=O)N[C@H](C)C(=O)O)cc1OC. The molecule has 0 fully saturated rings. The molecule has 0 saturated carbocycles.